The summed E-state index contributed by atoms with van der Waals surface area (Å²) < 4.78 is 20.4. The molecule has 1 aromatic heterocycles. The first-order valence-corrected chi connectivity index (χ1v) is 10.6. The van der Waals surface area contributed by atoms with Crippen LogP contribution in [0.4, 0.5) is 4.39 Å². The van der Waals surface area contributed by atoms with E-state index in [2.05, 4.69) is 31.9 Å². The summed E-state index contributed by atoms with van der Waals surface area (Å²) in [5.74, 6) is -0.247. The molecule has 0 saturated carbocycles. The zero-order valence-corrected chi connectivity index (χ0v) is 19.1. The fourth-order valence-electron chi connectivity index (χ4n) is 3.78. The lowest BCUT2D eigenvalue weighted by Gasteiger charge is -2.20. The fraction of sp³-hybridized carbons (Fsp3) is 0.269. The minimum atomic E-state index is -0.305. The van der Waals surface area contributed by atoms with Crippen LogP contribution in [0.25, 0.3) is 11.8 Å². The Hall–Kier alpha value is -3.92. The van der Waals surface area contributed by atoms with E-state index in [0.717, 1.165) is 16.9 Å². The number of carbonyl (C=O) groups excluding carboxylic acids is 1. The molecule has 1 aliphatic heterocycles. The number of methoxy groups -OCH3 is 1. The summed E-state index contributed by atoms with van der Waals surface area (Å²) in [6, 6.07) is 11.7. The highest BCUT2D eigenvalue weighted by molar-refractivity contribution is 6.01. The third kappa shape index (κ3) is 4.51. The van der Waals surface area contributed by atoms with Crippen molar-refractivity contribution >= 4 is 12.0 Å². The van der Waals surface area contributed by atoms with Crippen molar-refractivity contribution in [2.24, 2.45) is 5.41 Å². The molecule has 4 rings (SSSR count). The van der Waals surface area contributed by atoms with E-state index in [0.29, 0.717) is 29.8 Å². The van der Waals surface area contributed by atoms with Crippen molar-refractivity contribution in [3.8, 4) is 17.5 Å². The van der Waals surface area contributed by atoms with Gasteiger partial charge in [0.2, 0.25) is 0 Å². The number of benzene rings is 2. The summed E-state index contributed by atoms with van der Waals surface area (Å²) in [6.07, 6.45) is 5.79. The van der Waals surface area contributed by atoms with Crippen molar-refractivity contribution in [2.45, 2.75) is 33.9 Å². The SMILES string of the molecule is COc1c(C#N)ccc(/C=C/C(C)(C)C)c1C(=O)N1Cc2cn(-c3ccc(F)cc3)nc2C1. The van der Waals surface area contributed by atoms with E-state index < -0.39 is 0 Å². The van der Waals surface area contributed by atoms with E-state index in [-0.39, 0.29) is 22.9 Å². The van der Waals surface area contributed by atoms with Crippen molar-refractivity contribution in [1.29, 1.82) is 5.26 Å². The maximum atomic E-state index is 13.6. The number of rotatable bonds is 4. The van der Waals surface area contributed by atoms with Crippen molar-refractivity contribution in [3.63, 3.8) is 0 Å². The third-order valence-corrected chi connectivity index (χ3v) is 5.45. The van der Waals surface area contributed by atoms with Crippen LogP contribution in [0.15, 0.2) is 48.7 Å². The van der Waals surface area contributed by atoms with E-state index in [4.69, 9.17) is 4.74 Å². The van der Waals surface area contributed by atoms with E-state index in [1.165, 1.54) is 19.2 Å². The zero-order valence-electron chi connectivity index (χ0n) is 19.1. The highest BCUT2D eigenvalue weighted by Gasteiger charge is 2.31. The number of carbonyl (C=O) groups is 1. The molecule has 0 unspecified atom stereocenters. The van der Waals surface area contributed by atoms with Crippen LogP contribution in [0, 0.1) is 22.6 Å². The maximum absolute atomic E-state index is 13.6. The second-order valence-corrected chi connectivity index (χ2v) is 9.10. The minimum Gasteiger partial charge on any atom is -0.495 e. The first-order valence-electron chi connectivity index (χ1n) is 10.6. The number of nitrogens with zero attached hydrogens (tertiary/aromatic N) is 4. The van der Waals surface area contributed by atoms with Crippen molar-refractivity contribution in [1.82, 2.24) is 14.7 Å². The summed E-state index contributed by atoms with van der Waals surface area (Å²) in [6.45, 7) is 6.95. The molecule has 0 fully saturated rings. The lowest BCUT2D eigenvalue weighted by atomic mass is 9.93. The summed E-state index contributed by atoms with van der Waals surface area (Å²) in [5, 5.41) is 14.1. The molecule has 0 spiro atoms. The van der Waals surface area contributed by atoms with Crippen LogP contribution in [-0.2, 0) is 13.1 Å². The summed E-state index contributed by atoms with van der Waals surface area (Å²) >= 11 is 0. The fourth-order valence-corrected chi connectivity index (χ4v) is 3.78. The standard InChI is InChI=1S/C26H25FN4O2/c1-26(2,3)12-11-17-5-6-18(13-28)24(33-4)23(17)25(32)30-14-19-15-31(29-22(19)16-30)21-9-7-20(27)8-10-21/h5-12,15H,14,16H2,1-4H3/b12-11+. The first kappa shape index (κ1) is 22.3. The van der Waals surface area contributed by atoms with Gasteiger partial charge in [0.25, 0.3) is 5.91 Å². The highest BCUT2D eigenvalue weighted by Crippen LogP contribution is 2.33. The third-order valence-electron chi connectivity index (χ3n) is 5.45. The van der Waals surface area contributed by atoms with E-state index in [9.17, 15) is 14.4 Å². The molecule has 0 saturated heterocycles. The number of fused-ring (bicyclic) bond motifs is 1. The molecule has 0 bridgehead atoms. The predicted octanol–water partition coefficient (Wildman–Crippen LogP) is 5.11. The monoisotopic (exact) mass is 444 g/mol. The van der Waals surface area contributed by atoms with Crippen LogP contribution in [-0.4, -0.2) is 27.7 Å². The van der Waals surface area contributed by atoms with Gasteiger partial charge < -0.3 is 9.64 Å². The average Bonchev–Trinajstić information content (AvgIpc) is 3.36. The van der Waals surface area contributed by atoms with Gasteiger partial charge in [-0.2, -0.15) is 10.4 Å². The molecule has 3 aromatic rings. The van der Waals surface area contributed by atoms with Crippen LogP contribution < -0.4 is 4.74 Å². The van der Waals surface area contributed by atoms with Crippen LogP contribution in [0.5, 0.6) is 5.75 Å². The van der Waals surface area contributed by atoms with E-state index >= 15 is 0 Å². The van der Waals surface area contributed by atoms with Gasteiger partial charge in [-0.15, -0.1) is 0 Å². The Morgan fingerprint density at radius 3 is 2.52 bits per heavy atom. The van der Waals surface area contributed by atoms with Crippen molar-refractivity contribution in [3.05, 3.63) is 82.4 Å². The van der Waals surface area contributed by atoms with Crippen LogP contribution >= 0.6 is 0 Å². The minimum absolute atomic E-state index is 0.0739. The first-order chi connectivity index (χ1) is 15.7. The molecule has 1 aliphatic rings. The molecule has 0 radical (unpaired) electrons. The molecular weight excluding hydrogens is 419 g/mol. The van der Waals surface area contributed by atoms with Gasteiger partial charge in [-0.3, -0.25) is 4.79 Å². The number of amides is 1. The molecule has 2 heterocycles. The lowest BCUT2D eigenvalue weighted by Crippen LogP contribution is -2.27. The summed E-state index contributed by atoms with van der Waals surface area (Å²) in [7, 11) is 1.47. The molecule has 0 atom stereocenters. The van der Waals surface area contributed by atoms with Gasteiger partial charge in [0.15, 0.2) is 0 Å². The largest absolute Gasteiger partial charge is 0.495 e. The number of ether oxygens (including phenoxy) is 1. The quantitative estimate of drug-likeness (QED) is 0.561. The molecule has 0 aliphatic carbocycles. The normalized spacial score (nSPS) is 13.3. The average molecular weight is 445 g/mol. The van der Waals surface area contributed by atoms with Crippen molar-refractivity contribution in [2.75, 3.05) is 7.11 Å². The smallest absolute Gasteiger partial charge is 0.258 e. The van der Waals surface area contributed by atoms with Crippen LogP contribution in [0.2, 0.25) is 0 Å². The summed E-state index contributed by atoms with van der Waals surface area (Å²) in [4.78, 5) is 15.3. The maximum Gasteiger partial charge on any atom is 0.258 e. The number of aromatic nitrogens is 2. The molecule has 0 N–H and O–H groups in total. The van der Waals surface area contributed by atoms with Gasteiger partial charge in [0, 0.05) is 18.3 Å². The van der Waals surface area contributed by atoms with Gasteiger partial charge in [0.1, 0.15) is 17.6 Å². The number of allylic oxidation sites excluding steroid dienone is 1. The van der Waals surface area contributed by atoms with Gasteiger partial charge in [0.05, 0.1) is 36.2 Å². The summed E-state index contributed by atoms with van der Waals surface area (Å²) in [5.41, 5.74) is 3.77. The van der Waals surface area contributed by atoms with Crippen LogP contribution in [0.3, 0.4) is 0 Å². The van der Waals surface area contributed by atoms with E-state index in [1.807, 2.05) is 18.3 Å². The van der Waals surface area contributed by atoms with Crippen LogP contribution in [0.1, 0.15) is 53.5 Å². The molecule has 33 heavy (non-hydrogen) atoms. The number of hydrogen-bond donors (Lipinski definition) is 0. The molecular formula is C26H25FN4O2. The number of nitriles is 1. The Morgan fingerprint density at radius 1 is 1.18 bits per heavy atom. The second-order valence-electron chi connectivity index (χ2n) is 9.10. The lowest BCUT2D eigenvalue weighted by molar-refractivity contribution is 0.0745. The molecule has 7 heteroatoms. The molecule has 1 amide bonds. The Bertz CT molecular complexity index is 1250. The molecule has 2 aromatic carbocycles. The van der Waals surface area contributed by atoms with E-state index in [1.54, 1.807) is 33.8 Å². The second kappa shape index (κ2) is 8.55. The Balaban J connectivity index is 1.66. The Morgan fingerprint density at radius 2 is 1.91 bits per heavy atom. The van der Waals surface area contributed by atoms with Gasteiger partial charge in [-0.25, -0.2) is 9.07 Å². The molecule has 168 valence electrons. The molecule has 6 nitrogen and oxygen atoms in total. The van der Waals surface area contributed by atoms with Gasteiger partial charge in [-0.05, 0) is 41.3 Å². The van der Waals surface area contributed by atoms with Gasteiger partial charge in [-0.1, -0.05) is 39.0 Å². The number of hydrogen-bond acceptors (Lipinski definition) is 4. The van der Waals surface area contributed by atoms with Crippen molar-refractivity contribution < 1.29 is 13.9 Å². The number of halogens is 1. The Labute approximate surface area is 192 Å². The predicted molar refractivity (Wildman–Crippen MR) is 123 cm³/mol. The highest BCUT2D eigenvalue weighted by atomic mass is 19.1. The Kier molecular flexibility index (Phi) is 5.77. The van der Waals surface area contributed by atoms with Gasteiger partial charge >= 0.3 is 0 Å². The topological polar surface area (TPSA) is 71.2 Å². The zero-order chi connectivity index (χ0) is 23.8.